The van der Waals surface area contributed by atoms with E-state index in [4.69, 9.17) is 5.73 Å². The number of alkyl halides is 3. The van der Waals surface area contributed by atoms with E-state index in [1.807, 2.05) is 4.90 Å². The Bertz CT molecular complexity index is 470. The molecule has 0 spiro atoms. The maximum absolute atomic E-state index is 13.0. The van der Waals surface area contributed by atoms with Crippen LogP contribution in [0.25, 0.3) is 0 Å². The van der Waals surface area contributed by atoms with Gasteiger partial charge in [-0.15, -0.1) is 0 Å². The highest BCUT2D eigenvalue weighted by molar-refractivity contribution is 5.61. The van der Waals surface area contributed by atoms with Crippen LogP contribution in [0.4, 0.5) is 18.9 Å². The first kappa shape index (κ1) is 11.8. The zero-order valence-electron chi connectivity index (χ0n) is 9.87. The van der Waals surface area contributed by atoms with Crippen molar-refractivity contribution in [3.05, 3.63) is 29.3 Å². The van der Waals surface area contributed by atoms with Crippen LogP contribution >= 0.6 is 0 Å². The molecule has 18 heavy (non-hydrogen) atoms. The van der Waals surface area contributed by atoms with Gasteiger partial charge in [0.1, 0.15) is 0 Å². The molecule has 3 rings (SSSR count). The van der Waals surface area contributed by atoms with Crippen LogP contribution in [0.5, 0.6) is 0 Å². The van der Waals surface area contributed by atoms with E-state index in [1.54, 1.807) is 6.07 Å². The second-order valence-corrected chi connectivity index (χ2v) is 5.05. The van der Waals surface area contributed by atoms with Gasteiger partial charge in [-0.05, 0) is 43.4 Å². The first-order valence-corrected chi connectivity index (χ1v) is 6.21. The fourth-order valence-corrected chi connectivity index (χ4v) is 3.23. The lowest BCUT2D eigenvalue weighted by Crippen LogP contribution is -2.44. The van der Waals surface area contributed by atoms with Gasteiger partial charge in [-0.3, -0.25) is 0 Å². The molecule has 1 saturated heterocycles. The Morgan fingerprint density at radius 3 is 2.67 bits per heavy atom. The Hall–Kier alpha value is -1.23. The molecule has 2 N–H and O–H groups in total. The van der Waals surface area contributed by atoms with Crippen molar-refractivity contribution in [2.24, 2.45) is 5.73 Å². The summed E-state index contributed by atoms with van der Waals surface area (Å²) in [6, 6.07) is 4.73. The van der Waals surface area contributed by atoms with Gasteiger partial charge in [-0.25, -0.2) is 0 Å². The number of fused-ring (bicyclic) bond motifs is 3. The largest absolute Gasteiger partial charge is 0.416 e. The van der Waals surface area contributed by atoms with Crippen molar-refractivity contribution in [1.29, 1.82) is 0 Å². The van der Waals surface area contributed by atoms with Gasteiger partial charge in [0.15, 0.2) is 0 Å². The predicted octanol–water partition coefficient (Wildman–Crippen LogP) is 2.91. The van der Waals surface area contributed by atoms with Crippen molar-refractivity contribution in [3.63, 3.8) is 0 Å². The molecule has 0 aromatic heterocycles. The summed E-state index contributed by atoms with van der Waals surface area (Å²) in [5.41, 5.74) is 6.61. The zero-order chi connectivity index (χ0) is 12.9. The minimum absolute atomic E-state index is 0.141. The van der Waals surface area contributed by atoms with Crippen LogP contribution in [0, 0.1) is 0 Å². The van der Waals surface area contributed by atoms with Crippen LogP contribution in [-0.4, -0.2) is 12.2 Å². The zero-order valence-corrected chi connectivity index (χ0v) is 9.87. The van der Waals surface area contributed by atoms with Crippen molar-refractivity contribution in [3.8, 4) is 0 Å². The number of hydrogen-bond acceptors (Lipinski definition) is 2. The summed E-state index contributed by atoms with van der Waals surface area (Å²) in [6.45, 7) is 0. The smallest absolute Gasteiger partial charge is 0.353 e. The second kappa shape index (κ2) is 3.88. The average molecular weight is 256 g/mol. The van der Waals surface area contributed by atoms with Crippen LogP contribution in [0.1, 0.15) is 30.4 Å². The van der Waals surface area contributed by atoms with Gasteiger partial charge < -0.3 is 10.6 Å². The lowest BCUT2D eigenvalue weighted by molar-refractivity contribution is -0.138. The first-order chi connectivity index (χ1) is 8.48. The summed E-state index contributed by atoms with van der Waals surface area (Å²) >= 11 is 0. The molecule has 2 unspecified atom stereocenters. The molecule has 0 bridgehead atoms. The van der Waals surface area contributed by atoms with E-state index in [0.717, 1.165) is 19.3 Å². The quantitative estimate of drug-likeness (QED) is 0.773. The topological polar surface area (TPSA) is 29.3 Å². The molecular formula is C13H15F3N2. The van der Waals surface area contributed by atoms with E-state index in [-0.39, 0.29) is 6.17 Å². The number of benzene rings is 1. The standard InChI is InChI=1S/C13H15F3N2/c14-13(15,16)10-2-1-3-11-9(10)6-4-8-5-7-12(17)18(8)11/h1-3,8,12H,4-7,17H2. The van der Waals surface area contributed by atoms with E-state index in [9.17, 15) is 13.2 Å². The molecule has 0 saturated carbocycles. The van der Waals surface area contributed by atoms with Crippen LogP contribution < -0.4 is 10.6 Å². The van der Waals surface area contributed by atoms with Gasteiger partial charge >= 0.3 is 6.18 Å². The molecule has 2 aliphatic heterocycles. The molecule has 2 heterocycles. The number of halogens is 3. The Kier molecular flexibility index (Phi) is 2.55. The Labute approximate surface area is 104 Å². The molecular weight excluding hydrogens is 241 g/mol. The summed E-state index contributed by atoms with van der Waals surface area (Å²) < 4.78 is 38.9. The SMILES string of the molecule is NC1CCC2CCc3c(cccc3C(F)(F)F)N12. The number of nitrogens with two attached hydrogens (primary N) is 1. The van der Waals surface area contributed by atoms with Crippen molar-refractivity contribution in [2.75, 3.05) is 4.90 Å². The van der Waals surface area contributed by atoms with Gasteiger partial charge in [-0.1, -0.05) is 6.07 Å². The molecule has 0 radical (unpaired) electrons. The highest BCUT2D eigenvalue weighted by atomic mass is 19.4. The maximum Gasteiger partial charge on any atom is 0.416 e. The Morgan fingerprint density at radius 2 is 1.94 bits per heavy atom. The number of hydrogen-bond donors (Lipinski definition) is 1. The molecule has 2 nitrogen and oxygen atoms in total. The van der Waals surface area contributed by atoms with Gasteiger partial charge in [0.05, 0.1) is 11.7 Å². The number of anilines is 1. The molecule has 5 heteroatoms. The van der Waals surface area contributed by atoms with Crippen molar-refractivity contribution in [1.82, 2.24) is 0 Å². The van der Waals surface area contributed by atoms with E-state index < -0.39 is 11.7 Å². The minimum Gasteiger partial charge on any atom is -0.353 e. The van der Waals surface area contributed by atoms with E-state index in [1.165, 1.54) is 12.1 Å². The third-order valence-corrected chi connectivity index (χ3v) is 4.01. The Balaban J connectivity index is 2.11. The summed E-state index contributed by atoms with van der Waals surface area (Å²) in [4.78, 5) is 1.98. The van der Waals surface area contributed by atoms with Crippen molar-refractivity contribution in [2.45, 2.75) is 44.1 Å². The third-order valence-electron chi connectivity index (χ3n) is 4.01. The van der Waals surface area contributed by atoms with E-state index in [0.29, 0.717) is 23.7 Å². The van der Waals surface area contributed by atoms with Gasteiger partial charge in [0.25, 0.3) is 0 Å². The molecule has 0 amide bonds. The monoisotopic (exact) mass is 256 g/mol. The number of rotatable bonds is 0. The maximum atomic E-state index is 13.0. The molecule has 2 aliphatic rings. The van der Waals surface area contributed by atoms with Gasteiger partial charge in [-0.2, -0.15) is 13.2 Å². The highest BCUT2D eigenvalue weighted by Gasteiger charge is 2.40. The summed E-state index contributed by atoms with van der Waals surface area (Å²) in [6.07, 6.45) is -1.30. The fraction of sp³-hybridized carbons (Fsp3) is 0.538. The van der Waals surface area contributed by atoms with Crippen molar-refractivity contribution < 1.29 is 13.2 Å². The summed E-state index contributed by atoms with van der Waals surface area (Å²) in [5.74, 6) is 0. The molecule has 1 aromatic carbocycles. The lowest BCUT2D eigenvalue weighted by atomic mass is 9.92. The molecule has 2 atom stereocenters. The normalized spacial score (nSPS) is 27.0. The van der Waals surface area contributed by atoms with E-state index >= 15 is 0 Å². The number of nitrogens with zero attached hydrogens (tertiary/aromatic N) is 1. The fourth-order valence-electron chi connectivity index (χ4n) is 3.23. The lowest BCUT2D eigenvalue weighted by Gasteiger charge is -2.37. The van der Waals surface area contributed by atoms with Crippen LogP contribution in [0.15, 0.2) is 18.2 Å². The molecule has 1 aromatic rings. The minimum atomic E-state index is -4.28. The first-order valence-electron chi connectivity index (χ1n) is 6.21. The Morgan fingerprint density at radius 1 is 1.17 bits per heavy atom. The molecule has 1 fully saturated rings. The van der Waals surface area contributed by atoms with E-state index in [2.05, 4.69) is 0 Å². The van der Waals surface area contributed by atoms with Gasteiger partial charge in [0.2, 0.25) is 0 Å². The predicted molar refractivity (Wildman–Crippen MR) is 63.2 cm³/mol. The highest BCUT2D eigenvalue weighted by Crippen LogP contribution is 2.43. The second-order valence-electron chi connectivity index (χ2n) is 5.05. The van der Waals surface area contributed by atoms with Crippen LogP contribution in [-0.2, 0) is 12.6 Å². The van der Waals surface area contributed by atoms with Crippen LogP contribution in [0.2, 0.25) is 0 Å². The summed E-state index contributed by atoms with van der Waals surface area (Å²) in [7, 11) is 0. The summed E-state index contributed by atoms with van der Waals surface area (Å²) in [5, 5.41) is 0. The average Bonchev–Trinajstić information content (AvgIpc) is 2.69. The van der Waals surface area contributed by atoms with Gasteiger partial charge in [0, 0.05) is 11.7 Å². The third kappa shape index (κ3) is 1.68. The molecule has 0 aliphatic carbocycles. The molecule has 98 valence electrons. The van der Waals surface area contributed by atoms with Crippen LogP contribution in [0.3, 0.4) is 0 Å². The van der Waals surface area contributed by atoms with Crippen molar-refractivity contribution >= 4 is 5.69 Å².